The third kappa shape index (κ3) is 5.01. The molecule has 0 saturated heterocycles. The van der Waals surface area contributed by atoms with E-state index in [0.717, 1.165) is 22.6 Å². The molecule has 0 spiro atoms. The van der Waals surface area contributed by atoms with E-state index in [1.807, 2.05) is 12.1 Å². The summed E-state index contributed by atoms with van der Waals surface area (Å²) < 4.78 is 0. The van der Waals surface area contributed by atoms with Crippen LogP contribution in [0.2, 0.25) is 0 Å². The zero-order valence-corrected chi connectivity index (χ0v) is 20.0. The molecule has 0 amide bonds. The van der Waals surface area contributed by atoms with Gasteiger partial charge in [0.05, 0.1) is 0 Å². The Labute approximate surface area is 203 Å². The van der Waals surface area contributed by atoms with Crippen molar-refractivity contribution in [3.63, 3.8) is 0 Å². The lowest BCUT2D eigenvalue weighted by Crippen LogP contribution is -2.41. The van der Waals surface area contributed by atoms with Crippen LogP contribution in [-0.4, -0.2) is 8.80 Å². The summed E-state index contributed by atoms with van der Waals surface area (Å²) in [6.07, 6.45) is 0. The van der Waals surface area contributed by atoms with E-state index in [0.29, 0.717) is 0 Å². The summed E-state index contributed by atoms with van der Waals surface area (Å²) in [6, 6.07) is 50.9. The quantitative estimate of drug-likeness (QED) is 0.231. The first-order chi connectivity index (χ1) is 16.9. The molecule has 0 atom stereocenters. The zero-order chi connectivity index (χ0) is 23.0. The summed E-state index contributed by atoms with van der Waals surface area (Å²) in [6.45, 7) is 0. The van der Waals surface area contributed by atoms with Gasteiger partial charge in [-0.1, -0.05) is 103 Å². The molecule has 0 radical (unpaired) electrons. The molecule has 0 saturated carbocycles. The Hall–Kier alpha value is -4.32. The number of rotatable bonds is 5. The van der Waals surface area contributed by atoms with Gasteiger partial charge >= 0.3 is 0 Å². The summed E-state index contributed by atoms with van der Waals surface area (Å²) >= 11 is 0. The monoisotopic (exact) mass is 451 g/mol. The molecular formula is C32H25NSi. The number of anilines is 3. The maximum atomic E-state index is 3.66. The first kappa shape index (κ1) is 21.5. The Morgan fingerprint density at radius 2 is 0.794 bits per heavy atom. The van der Waals surface area contributed by atoms with E-state index < -0.39 is 8.80 Å². The minimum Gasteiger partial charge on any atom is -0.311 e. The van der Waals surface area contributed by atoms with E-state index in [9.17, 15) is 0 Å². The molecular weight excluding hydrogens is 426 g/mol. The Morgan fingerprint density at radius 3 is 1.24 bits per heavy atom. The van der Waals surface area contributed by atoms with Crippen molar-refractivity contribution in [1.82, 2.24) is 0 Å². The molecule has 162 valence electrons. The average Bonchev–Trinajstić information content (AvgIpc) is 2.92. The van der Waals surface area contributed by atoms with Crippen LogP contribution in [0.15, 0.2) is 146 Å². The van der Waals surface area contributed by atoms with Gasteiger partial charge in [-0.25, -0.2) is 0 Å². The van der Waals surface area contributed by atoms with E-state index in [1.165, 1.54) is 10.4 Å². The molecule has 0 aliphatic heterocycles. The fourth-order valence-electron chi connectivity index (χ4n) is 4.10. The highest BCUT2D eigenvalue weighted by molar-refractivity contribution is 6.91. The molecule has 1 nitrogen and oxygen atoms in total. The number of benzene rings is 5. The predicted molar refractivity (Wildman–Crippen MR) is 147 cm³/mol. The Morgan fingerprint density at radius 1 is 0.412 bits per heavy atom. The summed E-state index contributed by atoms with van der Waals surface area (Å²) in [4.78, 5) is 2.27. The second-order valence-electron chi connectivity index (χ2n) is 8.08. The van der Waals surface area contributed by atoms with Crippen molar-refractivity contribution in [3.05, 3.63) is 151 Å². The van der Waals surface area contributed by atoms with Crippen molar-refractivity contribution in [2.24, 2.45) is 0 Å². The van der Waals surface area contributed by atoms with Crippen LogP contribution in [0, 0.1) is 11.5 Å². The van der Waals surface area contributed by atoms with Crippen molar-refractivity contribution >= 4 is 36.2 Å². The molecule has 0 N–H and O–H groups in total. The maximum absolute atomic E-state index is 3.66. The van der Waals surface area contributed by atoms with Crippen LogP contribution >= 0.6 is 0 Å². The Kier molecular flexibility index (Phi) is 6.66. The van der Waals surface area contributed by atoms with Crippen LogP contribution in [0.3, 0.4) is 0 Å². The van der Waals surface area contributed by atoms with Crippen LogP contribution in [0.4, 0.5) is 17.1 Å². The normalized spacial score (nSPS) is 10.4. The molecule has 0 fully saturated rings. The van der Waals surface area contributed by atoms with E-state index in [4.69, 9.17) is 0 Å². The van der Waals surface area contributed by atoms with Gasteiger partial charge in [-0.15, -0.1) is 5.54 Å². The van der Waals surface area contributed by atoms with Crippen LogP contribution in [0.1, 0.15) is 5.56 Å². The van der Waals surface area contributed by atoms with Crippen molar-refractivity contribution < 1.29 is 0 Å². The smallest absolute Gasteiger partial charge is 0.184 e. The average molecular weight is 452 g/mol. The highest BCUT2D eigenvalue weighted by Crippen LogP contribution is 2.33. The van der Waals surface area contributed by atoms with E-state index in [2.05, 4.69) is 150 Å². The summed E-state index contributed by atoms with van der Waals surface area (Å²) in [5, 5.41) is 2.69. The summed E-state index contributed by atoms with van der Waals surface area (Å²) in [7, 11) is -1.62. The molecule has 5 aromatic carbocycles. The third-order valence-electron chi connectivity index (χ3n) is 5.78. The molecule has 5 aromatic rings. The highest BCUT2D eigenvalue weighted by Gasteiger charge is 2.14. The van der Waals surface area contributed by atoms with Gasteiger partial charge in [0.25, 0.3) is 0 Å². The van der Waals surface area contributed by atoms with Crippen LogP contribution in [0.25, 0.3) is 0 Å². The predicted octanol–water partition coefficient (Wildman–Crippen LogP) is 6.09. The van der Waals surface area contributed by atoms with Gasteiger partial charge in [0.2, 0.25) is 0 Å². The fourth-order valence-corrected chi connectivity index (χ4v) is 6.34. The van der Waals surface area contributed by atoms with E-state index in [1.54, 1.807) is 0 Å². The second-order valence-corrected chi connectivity index (χ2v) is 10.6. The van der Waals surface area contributed by atoms with Gasteiger partial charge in [-0.05, 0) is 58.9 Å². The Bertz CT molecular complexity index is 1290. The van der Waals surface area contributed by atoms with E-state index in [-0.39, 0.29) is 0 Å². The zero-order valence-electron chi connectivity index (χ0n) is 18.9. The summed E-state index contributed by atoms with van der Waals surface area (Å²) in [5.41, 5.74) is 8.07. The van der Waals surface area contributed by atoms with Crippen molar-refractivity contribution in [1.29, 1.82) is 0 Å². The number of hydrogen-bond donors (Lipinski definition) is 0. The number of hydrogen-bond acceptors (Lipinski definition) is 1. The maximum Gasteiger partial charge on any atom is 0.184 e. The molecule has 0 aliphatic carbocycles. The topological polar surface area (TPSA) is 3.24 Å². The molecule has 0 unspecified atom stereocenters. The largest absolute Gasteiger partial charge is 0.311 e. The van der Waals surface area contributed by atoms with Gasteiger partial charge in [0.15, 0.2) is 8.80 Å². The van der Waals surface area contributed by atoms with Crippen LogP contribution in [-0.2, 0) is 0 Å². The fraction of sp³-hybridized carbons (Fsp3) is 0. The van der Waals surface area contributed by atoms with Gasteiger partial charge in [0, 0.05) is 22.6 Å². The first-order valence-electron chi connectivity index (χ1n) is 11.5. The van der Waals surface area contributed by atoms with Gasteiger partial charge in [0.1, 0.15) is 0 Å². The van der Waals surface area contributed by atoms with Gasteiger partial charge in [-0.3, -0.25) is 0 Å². The van der Waals surface area contributed by atoms with Gasteiger partial charge < -0.3 is 4.90 Å². The highest BCUT2D eigenvalue weighted by atomic mass is 28.3. The van der Waals surface area contributed by atoms with Crippen molar-refractivity contribution in [2.75, 3.05) is 4.90 Å². The molecule has 0 bridgehead atoms. The first-order valence-corrected chi connectivity index (χ1v) is 13.2. The van der Waals surface area contributed by atoms with Crippen LogP contribution < -0.4 is 15.3 Å². The lowest BCUT2D eigenvalue weighted by molar-refractivity contribution is 1.28. The third-order valence-corrected chi connectivity index (χ3v) is 8.32. The Balaban J connectivity index is 1.47. The molecule has 0 aromatic heterocycles. The lowest BCUT2D eigenvalue weighted by atomic mass is 10.1. The van der Waals surface area contributed by atoms with Crippen LogP contribution in [0.5, 0.6) is 0 Å². The number of para-hydroxylation sites is 2. The minimum absolute atomic E-state index is 1.04. The van der Waals surface area contributed by atoms with E-state index >= 15 is 0 Å². The molecule has 5 rings (SSSR count). The lowest BCUT2D eigenvalue weighted by Gasteiger charge is -2.25. The molecule has 0 heterocycles. The summed E-state index contributed by atoms with van der Waals surface area (Å²) in [5.74, 6) is 3.48. The standard InChI is InChI=1S/C32H25NSi/c1-5-13-28(14-6-1)33(29-15-7-2-8-16-29)30-23-21-27(22-24-30)25-26-34(31-17-9-3-10-18-31)32-19-11-4-12-20-32/h1-24,34H. The van der Waals surface area contributed by atoms with Crippen molar-refractivity contribution in [2.45, 2.75) is 0 Å². The second kappa shape index (κ2) is 10.5. The molecule has 0 aliphatic rings. The van der Waals surface area contributed by atoms with Crippen molar-refractivity contribution in [3.8, 4) is 11.5 Å². The SMILES string of the molecule is C(#C[SiH](c1ccccc1)c1ccccc1)c1ccc(N(c2ccccc2)c2ccccc2)cc1. The number of nitrogens with zero attached hydrogens (tertiary/aromatic N) is 1. The molecule has 34 heavy (non-hydrogen) atoms. The molecule has 2 heteroatoms. The van der Waals surface area contributed by atoms with Gasteiger partial charge in [-0.2, -0.15) is 0 Å². The minimum atomic E-state index is -1.62.